The summed E-state index contributed by atoms with van der Waals surface area (Å²) in [5.41, 5.74) is 1.96. The highest BCUT2D eigenvalue weighted by Gasteiger charge is 2.24. The Bertz CT molecular complexity index is 991. The largest absolute Gasteiger partial charge is 0.497 e. The summed E-state index contributed by atoms with van der Waals surface area (Å²) in [5.74, 6) is -0.212. The lowest BCUT2D eigenvalue weighted by molar-refractivity contribution is -0.122. The molecule has 6 heteroatoms. The molecule has 0 atom stereocenters. The molecule has 0 N–H and O–H groups in total. The Labute approximate surface area is 163 Å². The first kappa shape index (κ1) is 19.5. The van der Waals surface area contributed by atoms with Gasteiger partial charge >= 0.3 is 5.97 Å². The van der Waals surface area contributed by atoms with Crippen LogP contribution in [0.15, 0.2) is 52.9 Å². The number of para-hydroxylation sites is 1. The third-order valence-electron chi connectivity index (χ3n) is 4.47. The number of ether oxygens (including phenoxy) is 2. The van der Waals surface area contributed by atoms with E-state index in [0.717, 1.165) is 11.1 Å². The Morgan fingerprint density at radius 3 is 2.46 bits per heavy atom. The van der Waals surface area contributed by atoms with Gasteiger partial charge in [-0.2, -0.15) is 0 Å². The minimum absolute atomic E-state index is 0.0750. The molecule has 0 aliphatic heterocycles. The second kappa shape index (κ2) is 8.17. The van der Waals surface area contributed by atoms with Crippen LogP contribution in [-0.2, 0) is 9.53 Å². The summed E-state index contributed by atoms with van der Waals surface area (Å²) >= 11 is 0. The summed E-state index contributed by atoms with van der Waals surface area (Å²) in [4.78, 5) is 26.8. The molecule has 28 heavy (non-hydrogen) atoms. The van der Waals surface area contributed by atoms with Gasteiger partial charge in [-0.3, -0.25) is 4.79 Å². The molecule has 3 aromatic rings. The van der Waals surface area contributed by atoms with Crippen LogP contribution in [0.3, 0.4) is 0 Å². The average molecular weight is 381 g/mol. The van der Waals surface area contributed by atoms with Crippen molar-refractivity contribution in [3.63, 3.8) is 0 Å². The fourth-order valence-corrected chi connectivity index (χ4v) is 3.10. The van der Waals surface area contributed by atoms with Crippen molar-refractivity contribution in [2.45, 2.75) is 26.8 Å². The molecule has 0 saturated carbocycles. The number of furan rings is 1. The third-order valence-corrected chi connectivity index (χ3v) is 4.47. The molecular weight excluding hydrogens is 358 g/mol. The van der Waals surface area contributed by atoms with Gasteiger partial charge in [0.1, 0.15) is 11.3 Å². The molecule has 0 unspecified atom stereocenters. The summed E-state index contributed by atoms with van der Waals surface area (Å²) < 4.78 is 16.1. The summed E-state index contributed by atoms with van der Waals surface area (Å²) in [5, 5.41) is 0.769. The smallest absolute Gasteiger partial charge is 0.375 e. The van der Waals surface area contributed by atoms with Gasteiger partial charge in [0.05, 0.1) is 7.11 Å². The molecule has 3 rings (SSSR count). The van der Waals surface area contributed by atoms with Crippen LogP contribution in [0.1, 0.15) is 30.0 Å². The number of benzene rings is 2. The van der Waals surface area contributed by atoms with E-state index in [-0.39, 0.29) is 24.3 Å². The minimum atomic E-state index is -0.669. The molecule has 0 aliphatic carbocycles. The van der Waals surface area contributed by atoms with Gasteiger partial charge in [-0.05, 0) is 51.1 Å². The maximum atomic E-state index is 12.7. The first-order valence-electron chi connectivity index (χ1n) is 9.03. The van der Waals surface area contributed by atoms with E-state index in [0.29, 0.717) is 16.9 Å². The van der Waals surface area contributed by atoms with Gasteiger partial charge in [-0.25, -0.2) is 4.79 Å². The Hall–Kier alpha value is -3.28. The minimum Gasteiger partial charge on any atom is -0.497 e. The van der Waals surface area contributed by atoms with Gasteiger partial charge in [0, 0.05) is 22.7 Å². The summed E-state index contributed by atoms with van der Waals surface area (Å²) in [6, 6.07) is 14.5. The lowest BCUT2D eigenvalue weighted by Crippen LogP contribution is -2.39. The summed E-state index contributed by atoms with van der Waals surface area (Å²) in [6.07, 6.45) is 0. The quantitative estimate of drug-likeness (QED) is 0.594. The van der Waals surface area contributed by atoms with Crippen LogP contribution in [-0.4, -0.2) is 31.6 Å². The predicted octanol–water partition coefficient (Wildman–Crippen LogP) is 4.35. The topological polar surface area (TPSA) is 69.0 Å². The monoisotopic (exact) mass is 381 g/mol. The van der Waals surface area contributed by atoms with Crippen molar-refractivity contribution in [3.8, 4) is 5.75 Å². The highest BCUT2D eigenvalue weighted by Crippen LogP contribution is 2.29. The Morgan fingerprint density at radius 2 is 1.82 bits per heavy atom. The molecule has 1 aromatic heterocycles. The van der Waals surface area contributed by atoms with Crippen LogP contribution in [0.4, 0.5) is 5.69 Å². The molecule has 146 valence electrons. The molecule has 1 heterocycles. The number of amides is 1. The van der Waals surface area contributed by atoms with Crippen LogP contribution < -0.4 is 9.64 Å². The van der Waals surface area contributed by atoms with Gasteiger partial charge < -0.3 is 18.8 Å². The fraction of sp³-hybridized carbons (Fsp3) is 0.273. The van der Waals surface area contributed by atoms with Crippen molar-refractivity contribution >= 4 is 28.5 Å². The highest BCUT2D eigenvalue weighted by molar-refractivity contribution is 5.99. The van der Waals surface area contributed by atoms with Gasteiger partial charge in [0.25, 0.3) is 5.91 Å². The zero-order chi connectivity index (χ0) is 20.3. The van der Waals surface area contributed by atoms with Crippen LogP contribution in [0.2, 0.25) is 0 Å². The summed E-state index contributed by atoms with van der Waals surface area (Å²) in [7, 11) is 1.57. The molecule has 0 spiro atoms. The van der Waals surface area contributed by atoms with Crippen molar-refractivity contribution in [1.82, 2.24) is 0 Å². The molecule has 0 fully saturated rings. The molecule has 1 amide bonds. The number of hydrogen-bond acceptors (Lipinski definition) is 5. The number of esters is 1. The number of fused-ring (bicyclic) bond motifs is 1. The number of carbonyl (C=O) groups is 2. The van der Waals surface area contributed by atoms with Gasteiger partial charge in [0.2, 0.25) is 5.76 Å². The molecule has 2 aromatic carbocycles. The lowest BCUT2D eigenvalue weighted by atomic mass is 10.1. The Kier molecular flexibility index (Phi) is 5.68. The van der Waals surface area contributed by atoms with Crippen LogP contribution >= 0.6 is 0 Å². The fourth-order valence-electron chi connectivity index (χ4n) is 3.10. The second-order valence-electron chi connectivity index (χ2n) is 6.69. The lowest BCUT2D eigenvalue weighted by Gasteiger charge is -2.26. The maximum absolute atomic E-state index is 12.7. The molecule has 0 bridgehead atoms. The normalized spacial score (nSPS) is 10.9. The van der Waals surface area contributed by atoms with Gasteiger partial charge in [0.15, 0.2) is 6.61 Å². The van der Waals surface area contributed by atoms with Crippen molar-refractivity contribution < 1.29 is 23.5 Å². The van der Waals surface area contributed by atoms with Crippen LogP contribution in [0.5, 0.6) is 5.75 Å². The highest BCUT2D eigenvalue weighted by atomic mass is 16.5. The number of carbonyl (C=O) groups excluding carboxylic acids is 2. The van der Waals surface area contributed by atoms with Crippen LogP contribution in [0.25, 0.3) is 11.0 Å². The van der Waals surface area contributed by atoms with Gasteiger partial charge in [-0.15, -0.1) is 0 Å². The van der Waals surface area contributed by atoms with Crippen molar-refractivity contribution in [2.75, 3.05) is 18.6 Å². The zero-order valence-corrected chi connectivity index (χ0v) is 16.4. The van der Waals surface area contributed by atoms with E-state index in [4.69, 9.17) is 13.9 Å². The Morgan fingerprint density at radius 1 is 1.11 bits per heavy atom. The molecule has 6 nitrogen and oxygen atoms in total. The molecule has 0 radical (unpaired) electrons. The van der Waals surface area contributed by atoms with E-state index in [9.17, 15) is 9.59 Å². The van der Waals surface area contributed by atoms with E-state index in [1.807, 2.05) is 44.2 Å². The molecule has 0 aliphatic rings. The standard InChI is InChI=1S/C22H23NO5/c1-14(2)23(16-8-6-5-7-9-16)20(24)13-27-22(25)21-15(3)18-12-17(26-4)10-11-19(18)28-21/h5-12,14H,13H2,1-4H3. The van der Waals surface area contributed by atoms with Gasteiger partial charge in [-0.1, -0.05) is 18.2 Å². The molecular formula is C22H23NO5. The van der Waals surface area contributed by atoms with E-state index in [1.54, 1.807) is 37.1 Å². The number of anilines is 1. The average Bonchev–Trinajstić information content (AvgIpc) is 3.03. The van der Waals surface area contributed by atoms with Crippen molar-refractivity contribution in [2.24, 2.45) is 0 Å². The zero-order valence-electron chi connectivity index (χ0n) is 16.4. The second-order valence-corrected chi connectivity index (χ2v) is 6.69. The van der Waals surface area contributed by atoms with Crippen molar-refractivity contribution in [3.05, 3.63) is 59.9 Å². The van der Waals surface area contributed by atoms with E-state index >= 15 is 0 Å². The van der Waals surface area contributed by atoms with Crippen LogP contribution in [0, 0.1) is 6.92 Å². The van der Waals surface area contributed by atoms with E-state index < -0.39 is 5.97 Å². The SMILES string of the molecule is COc1ccc2oc(C(=O)OCC(=O)N(c3ccccc3)C(C)C)c(C)c2c1. The number of hydrogen-bond donors (Lipinski definition) is 0. The summed E-state index contributed by atoms with van der Waals surface area (Å²) in [6.45, 7) is 5.22. The Balaban J connectivity index is 1.75. The van der Waals surface area contributed by atoms with E-state index in [2.05, 4.69) is 0 Å². The number of aryl methyl sites for hydroxylation is 1. The number of nitrogens with zero attached hydrogens (tertiary/aromatic N) is 1. The maximum Gasteiger partial charge on any atom is 0.375 e. The number of methoxy groups -OCH3 is 1. The van der Waals surface area contributed by atoms with E-state index in [1.165, 1.54) is 0 Å². The van der Waals surface area contributed by atoms with Crippen molar-refractivity contribution in [1.29, 1.82) is 0 Å². The number of rotatable bonds is 6. The predicted molar refractivity (Wildman–Crippen MR) is 107 cm³/mol. The molecule has 0 saturated heterocycles. The third kappa shape index (κ3) is 3.86. The first-order valence-corrected chi connectivity index (χ1v) is 9.03. The first-order chi connectivity index (χ1) is 13.4.